The molecule has 2 heterocycles. The lowest BCUT2D eigenvalue weighted by Crippen LogP contribution is -2.16. The molecule has 2 N–H and O–H groups in total. The van der Waals surface area contributed by atoms with Gasteiger partial charge in [0.05, 0.1) is 11.8 Å². The third kappa shape index (κ3) is 3.70. The number of aliphatic hydroxyl groups excluding tert-OH is 1. The van der Waals surface area contributed by atoms with Crippen molar-refractivity contribution in [1.82, 2.24) is 9.78 Å². The summed E-state index contributed by atoms with van der Waals surface area (Å²) in [4.78, 5) is 12.6. The fraction of sp³-hybridized carbons (Fsp3) is 0.333. The van der Waals surface area contributed by atoms with Gasteiger partial charge in [-0.05, 0) is 43.2 Å². The van der Waals surface area contributed by atoms with Gasteiger partial charge in [0.15, 0.2) is 5.69 Å². The molecule has 0 aliphatic carbocycles. The van der Waals surface area contributed by atoms with Crippen LogP contribution in [0.2, 0.25) is 0 Å². The maximum atomic E-state index is 12.3. The number of thioether (sulfide) groups is 1. The topological polar surface area (TPSA) is 67.2 Å². The first-order valence-electron chi connectivity index (χ1n) is 7.15. The highest BCUT2D eigenvalue weighted by Gasteiger charge is 2.22. The zero-order valence-electron chi connectivity index (χ0n) is 12.1. The number of rotatable bonds is 4. The molecule has 0 spiro atoms. The number of aliphatic hydroxyl groups is 1. The van der Waals surface area contributed by atoms with E-state index in [2.05, 4.69) is 10.4 Å². The molecule has 1 amide bonds. The van der Waals surface area contributed by atoms with Crippen molar-refractivity contribution in [1.29, 1.82) is 0 Å². The second-order valence-corrected chi connectivity index (χ2v) is 6.26. The van der Waals surface area contributed by atoms with Gasteiger partial charge in [-0.3, -0.25) is 9.48 Å². The summed E-state index contributed by atoms with van der Waals surface area (Å²) in [6.45, 7) is 0.680. The number of fused-ring (bicyclic) bond motifs is 1. The number of nitrogens with zero attached hydrogens (tertiary/aromatic N) is 2. The maximum absolute atomic E-state index is 12.3. The Balaban J connectivity index is 1.69. The Morgan fingerprint density at radius 2 is 2.13 bits per heavy atom. The summed E-state index contributed by atoms with van der Waals surface area (Å²) in [5.41, 5.74) is 1.37. The third-order valence-electron chi connectivity index (χ3n) is 3.57. The first-order valence-corrected chi connectivity index (χ1v) is 8.03. The number of hydrogen-bond donors (Lipinski definition) is 2. The lowest BCUT2D eigenvalue weighted by atomic mass is 10.1. The Labute approximate surface area is 135 Å². The largest absolute Gasteiger partial charge is 0.387 e. The Kier molecular flexibility index (Phi) is 4.63. The molecule has 3 rings (SSSR count). The molecule has 0 saturated carbocycles. The molecule has 122 valence electrons. The number of aromatic nitrogens is 2. The molecule has 2 aromatic rings. The predicted molar refractivity (Wildman–Crippen MR) is 82.7 cm³/mol. The Morgan fingerprint density at radius 1 is 1.39 bits per heavy atom. The van der Waals surface area contributed by atoms with E-state index in [9.17, 15) is 18.7 Å². The summed E-state index contributed by atoms with van der Waals surface area (Å²) >= 11 is 0.451. The number of nitrogens with one attached hydrogen (secondary N) is 1. The summed E-state index contributed by atoms with van der Waals surface area (Å²) in [6.07, 6.45) is 0.888. The summed E-state index contributed by atoms with van der Waals surface area (Å²) in [6, 6.07) is 7.75. The van der Waals surface area contributed by atoms with Crippen molar-refractivity contribution in [3.05, 3.63) is 41.7 Å². The Hall–Kier alpha value is -1.93. The number of carbonyl (C=O) groups excluding carboxylic acids is 1. The number of carbonyl (C=O) groups is 1. The minimum atomic E-state index is -2.47. The first kappa shape index (κ1) is 15.9. The fourth-order valence-corrected chi connectivity index (χ4v) is 2.99. The molecular weight excluding hydrogens is 324 g/mol. The van der Waals surface area contributed by atoms with Crippen LogP contribution in [0.3, 0.4) is 0 Å². The SMILES string of the molecule is O=C(Nc1ccc(SC(F)F)cc1)c1cc2n(n1)CCCC2O. The van der Waals surface area contributed by atoms with Crippen LogP contribution in [0.5, 0.6) is 0 Å². The molecule has 1 unspecified atom stereocenters. The van der Waals surface area contributed by atoms with E-state index in [1.165, 1.54) is 12.1 Å². The average molecular weight is 339 g/mol. The Morgan fingerprint density at radius 3 is 2.78 bits per heavy atom. The van der Waals surface area contributed by atoms with Crippen molar-refractivity contribution in [3.8, 4) is 0 Å². The van der Waals surface area contributed by atoms with Crippen LogP contribution < -0.4 is 5.32 Å². The predicted octanol–water partition coefficient (Wildman–Crippen LogP) is 3.28. The van der Waals surface area contributed by atoms with Crippen LogP contribution in [-0.2, 0) is 6.54 Å². The van der Waals surface area contributed by atoms with Gasteiger partial charge in [0.25, 0.3) is 11.7 Å². The van der Waals surface area contributed by atoms with Gasteiger partial charge in [0, 0.05) is 17.1 Å². The summed E-state index contributed by atoms with van der Waals surface area (Å²) in [7, 11) is 0. The van der Waals surface area contributed by atoms with E-state index < -0.39 is 17.8 Å². The molecule has 1 aliphatic heterocycles. The van der Waals surface area contributed by atoms with Crippen molar-refractivity contribution in [2.24, 2.45) is 0 Å². The number of benzene rings is 1. The van der Waals surface area contributed by atoms with E-state index in [0.29, 0.717) is 41.0 Å². The minimum absolute atomic E-state index is 0.229. The quantitative estimate of drug-likeness (QED) is 0.839. The number of anilines is 1. The van der Waals surface area contributed by atoms with Gasteiger partial charge in [-0.1, -0.05) is 11.8 Å². The highest BCUT2D eigenvalue weighted by Crippen LogP contribution is 2.27. The van der Waals surface area contributed by atoms with Crippen LogP contribution in [0.1, 0.15) is 35.1 Å². The van der Waals surface area contributed by atoms with Crippen LogP contribution in [0.25, 0.3) is 0 Å². The standard InChI is InChI=1S/C15H15F2N3O2S/c16-15(17)23-10-5-3-9(4-6-10)18-14(22)11-8-12-13(21)2-1-7-20(12)19-11/h3-6,8,13,15,21H,1-2,7H2,(H,18,22). The number of amides is 1. The average Bonchev–Trinajstić information content (AvgIpc) is 2.94. The summed E-state index contributed by atoms with van der Waals surface area (Å²) in [5.74, 6) is -2.87. The van der Waals surface area contributed by atoms with Gasteiger partial charge < -0.3 is 10.4 Å². The molecule has 1 atom stereocenters. The maximum Gasteiger partial charge on any atom is 0.288 e. The van der Waals surface area contributed by atoms with Crippen LogP contribution in [0.15, 0.2) is 35.2 Å². The lowest BCUT2D eigenvalue weighted by molar-refractivity contribution is 0.102. The van der Waals surface area contributed by atoms with Gasteiger partial charge in [-0.2, -0.15) is 13.9 Å². The lowest BCUT2D eigenvalue weighted by Gasteiger charge is -2.18. The number of aryl methyl sites for hydroxylation is 1. The monoisotopic (exact) mass is 339 g/mol. The molecule has 0 radical (unpaired) electrons. The van der Waals surface area contributed by atoms with Crippen LogP contribution in [-0.4, -0.2) is 26.6 Å². The van der Waals surface area contributed by atoms with Crippen LogP contribution in [0, 0.1) is 0 Å². The van der Waals surface area contributed by atoms with E-state index in [1.807, 2.05) is 0 Å². The molecule has 1 aromatic carbocycles. The zero-order valence-corrected chi connectivity index (χ0v) is 12.9. The van der Waals surface area contributed by atoms with Crippen LogP contribution in [0.4, 0.5) is 14.5 Å². The molecule has 0 saturated heterocycles. The smallest absolute Gasteiger partial charge is 0.288 e. The van der Waals surface area contributed by atoms with E-state index in [1.54, 1.807) is 22.9 Å². The second kappa shape index (κ2) is 6.67. The summed E-state index contributed by atoms with van der Waals surface area (Å²) in [5, 5.41) is 16.8. The zero-order chi connectivity index (χ0) is 16.4. The molecule has 1 aliphatic rings. The first-order chi connectivity index (χ1) is 11.0. The number of hydrogen-bond acceptors (Lipinski definition) is 4. The van der Waals surface area contributed by atoms with Crippen molar-refractivity contribution >= 4 is 23.4 Å². The third-order valence-corrected chi connectivity index (χ3v) is 4.29. The van der Waals surface area contributed by atoms with E-state index in [4.69, 9.17) is 0 Å². The highest BCUT2D eigenvalue weighted by atomic mass is 32.2. The van der Waals surface area contributed by atoms with E-state index in [0.717, 1.165) is 6.42 Å². The molecule has 1 aromatic heterocycles. The number of alkyl halides is 2. The van der Waals surface area contributed by atoms with E-state index >= 15 is 0 Å². The molecule has 0 bridgehead atoms. The molecule has 8 heteroatoms. The Bertz CT molecular complexity index is 703. The molecule has 5 nitrogen and oxygen atoms in total. The fourth-order valence-electron chi connectivity index (χ4n) is 2.49. The summed E-state index contributed by atoms with van der Waals surface area (Å²) < 4.78 is 26.2. The van der Waals surface area contributed by atoms with Gasteiger partial charge in [0.1, 0.15) is 0 Å². The second-order valence-electron chi connectivity index (χ2n) is 5.19. The van der Waals surface area contributed by atoms with Gasteiger partial charge in [-0.25, -0.2) is 0 Å². The van der Waals surface area contributed by atoms with Crippen molar-refractivity contribution in [2.75, 3.05) is 5.32 Å². The van der Waals surface area contributed by atoms with Crippen molar-refractivity contribution in [2.45, 2.75) is 36.1 Å². The molecule has 23 heavy (non-hydrogen) atoms. The molecular formula is C15H15F2N3O2S. The minimum Gasteiger partial charge on any atom is -0.387 e. The normalized spacial score (nSPS) is 17.1. The van der Waals surface area contributed by atoms with Gasteiger partial charge >= 0.3 is 0 Å². The van der Waals surface area contributed by atoms with Crippen molar-refractivity contribution in [3.63, 3.8) is 0 Å². The highest BCUT2D eigenvalue weighted by molar-refractivity contribution is 7.99. The van der Waals surface area contributed by atoms with Gasteiger partial charge in [0.2, 0.25) is 0 Å². The van der Waals surface area contributed by atoms with E-state index in [-0.39, 0.29) is 5.69 Å². The number of halogens is 2. The van der Waals surface area contributed by atoms with Gasteiger partial charge in [-0.15, -0.1) is 0 Å². The molecule has 0 fully saturated rings. The van der Waals surface area contributed by atoms with Crippen molar-refractivity contribution < 1.29 is 18.7 Å². The van der Waals surface area contributed by atoms with Crippen LogP contribution >= 0.6 is 11.8 Å².